The van der Waals surface area contributed by atoms with Gasteiger partial charge >= 0.3 is 0 Å². The zero-order valence-electron chi connectivity index (χ0n) is 18.2. The highest BCUT2D eigenvalue weighted by atomic mass is 16.5. The molecule has 33 heavy (non-hydrogen) atoms. The van der Waals surface area contributed by atoms with Crippen LogP contribution in [0.1, 0.15) is 17.7 Å². The molecule has 166 valence electrons. The van der Waals surface area contributed by atoms with E-state index in [4.69, 9.17) is 9.47 Å². The first-order valence-corrected chi connectivity index (χ1v) is 11.0. The van der Waals surface area contributed by atoms with Gasteiger partial charge in [-0.2, -0.15) is 10.2 Å². The molecule has 0 unspecified atom stereocenters. The summed E-state index contributed by atoms with van der Waals surface area (Å²) in [5, 5.41) is 13.0. The summed E-state index contributed by atoms with van der Waals surface area (Å²) in [6.45, 7) is 1.52. The molecule has 4 heterocycles. The van der Waals surface area contributed by atoms with Crippen LogP contribution < -0.4 is 9.47 Å². The standard InChI is InChI=1S/C25H23N5O3/c1-29-25-19(15-26-29)17-7-9-21-18(14-17)20(27-28-21)8-6-16-4-2-3-5-22(16)33-23-10-11-30(24(23)31)12-13-32-25/h2-9,14-15,23H,10-13H2,1H3,(H,27,28)/t23-/m1/s1. The fourth-order valence-electron chi connectivity index (χ4n) is 4.47. The molecule has 4 aromatic rings. The molecule has 1 amide bonds. The molecule has 8 heteroatoms. The van der Waals surface area contributed by atoms with Gasteiger partial charge in [-0.15, -0.1) is 0 Å². The van der Waals surface area contributed by atoms with Crippen LogP contribution in [0.5, 0.6) is 11.6 Å². The molecule has 0 aliphatic carbocycles. The molecule has 1 atom stereocenters. The van der Waals surface area contributed by atoms with Crippen LogP contribution in [0.25, 0.3) is 34.2 Å². The normalized spacial score (nSPS) is 18.0. The molecule has 0 spiro atoms. The Bertz CT molecular complexity index is 1390. The van der Waals surface area contributed by atoms with E-state index in [0.29, 0.717) is 37.7 Å². The Morgan fingerprint density at radius 2 is 2.03 bits per heavy atom. The average molecular weight is 441 g/mol. The van der Waals surface area contributed by atoms with E-state index in [1.165, 1.54) is 0 Å². The summed E-state index contributed by atoms with van der Waals surface area (Å²) in [5.74, 6) is 1.35. The average Bonchev–Trinajstić information content (AvgIpc) is 3.51. The number of ether oxygens (including phenoxy) is 2. The zero-order chi connectivity index (χ0) is 22.4. The minimum absolute atomic E-state index is 0.00686. The van der Waals surface area contributed by atoms with Crippen LogP contribution >= 0.6 is 0 Å². The number of carbonyl (C=O) groups is 1. The maximum atomic E-state index is 12.9. The van der Waals surface area contributed by atoms with Crippen molar-refractivity contribution >= 4 is 29.0 Å². The number of nitrogens with zero attached hydrogens (tertiary/aromatic N) is 4. The number of nitrogens with one attached hydrogen (secondary N) is 1. The highest BCUT2D eigenvalue weighted by Crippen LogP contribution is 2.33. The lowest BCUT2D eigenvalue weighted by Crippen LogP contribution is -2.35. The van der Waals surface area contributed by atoms with Gasteiger partial charge in [0.1, 0.15) is 12.4 Å². The molecule has 2 aliphatic heterocycles. The van der Waals surface area contributed by atoms with Crippen molar-refractivity contribution < 1.29 is 14.3 Å². The van der Waals surface area contributed by atoms with Gasteiger partial charge < -0.3 is 14.4 Å². The Hall–Kier alpha value is -4.07. The molecule has 2 aromatic heterocycles. The van der Waals surface area contributed by atoms with E-state index in [1.807, 2.05) is 55.6 Å². The summed E-state index contributed by atoms with van der Waals surface area (Å²) in [4.78, 5) is 14.7. The number of para-hydroxylation sites is 1. The summed E-state index contributed by atoms with van der Waals surface area (Å²) in [5.41, 5.74) is 4.56. The molecule has 0 radical (unpaired) electrons. The van der Waals surface area contributed by atoms with E-state index >= 15 is 0 Å². The molecule has 8 nitrogen and oxygen atoms in total. The van der Waals surface area contributed by atoms with Gasteiger partial charge in [0.25, 0.3) is 5.91 Å². The summed E-state index contributed by atoms with van der Waals surface area (Å²) in [7, 11) is 1.86. The second-order valence-electron chi connectivity index (χ2n) is 8.30. The number of benzene rings is 2. The van der Waals surface area contributed by atoms with E-state index in [9.17, 15) is 4.79 Å². The van der Waals surface area contributed by atoms with E-state index in [2.05, 4.69) is 21.4 Å². The highest BCUT2D eigenvalue weighted by Gasteiger charge is 2.33. The number of carbonyl (C=O) groups excluding carboxylic acids is 1. The molecule has 1 N–H and O–H groups in total. The number of rotatable bonds is 0. The molecule has 1 saturated heterocycles. The Labute approximate surface area is 190 Å². The molecule has 4 bridgehead atoms. The number of H-pyrrole nitrogens is 1. The number of hydrogen-bond donors (Lipinski definition) is 1. The maximum Gasteiger partial charge on any atom is 0.263 e. The van der Waals surface area contributed by atoms with Crippen LogP contribution in [0.3, 0.4) is 0 Å². The van der Waals surface area contributed by atoms with E-state index in [-0.39, 0.29) is 5.91 Å². The van der Waals surface area contributed by atoms with E-state index < -0.39 is 6.10 Å². The van der Waals surface area contributed by atoms with Gasteiger partial charge in [0.05, 0.1) is 29.5 Å². The van der Waals surface area contributed by atoms with Crippen LogP contribution in [-0.4, -0.2) is 56.6 Å². The van der Waals surface area contributed by atoms with Crippen LogP contribution in [0.15, 0.2) is 48.7 Å². The zero-order valence-corrected chi connectivity index (χ0v) is 18.2. The second-order valence-corrected chi connectivity index (χ2v) is 8.30. The smallest absolute Gasteiger partial charge is 0.263 e. The van der Waals surface area contributed by atoms with Crippen molar-refractivity contribution in [2.75, 3.05) is 19.7 Å². The van der Waals surface area contributed by atoms with Crippen molar-refractivity contribution in [2.45, 2.75) is 12.5 Å². The Morgan fingerprint density at radius 1 is 1.12 bits per heavy atom. The van der Waals surface area contributed by atoms with Gasteiger partial charge in [-0.3, -0.25) is 9.89 Å². The van der Waals surface area contributed by atoms with E-state index in [1.54, 1.807) is 15.8 Å². The SMILES string of the molecule is Cn1ncc2c1OCCN1CC[C@@H](Oc3ccccc3C=Cc3n[nH]c4ccc-2cc34)C1=O. The third kappa shape index (κ3) is 3.44. The quantitative estimate of drug-likeness (QED) is 0.451. The first-order chi connectivity index (χ1) is 16.2. The third-order valence-corrected chi connectivity index (χ3v) is 6.24. The number of fused-ring (bicyclic) bond motifs is 6. The lowest BCUT2D eigenvalue weighted by Gasteiger charge is -2.18. The number of hydrogen-bond acceptors (Lipinski definition) is 5. The molecular weight excluding hydrogens is 418 g/mol. The van der Waals surface area contributed by atoms with Crippen molar-refractivity contribution in [3.8, 4) is 22.8 Å². The molecule has 2 aromatic carbocycles. The Morgan fingerprint density at radius 3 is 2.97 bits per heavy atom. The Kier molecular flexibility index (Phi) is 4.64. The number of aryl methyl sites for hydroxylation is 1. The monoisotopic (exact) mass is 441 g/mol. The Balaban J connectivity index is 1.48. The molecule has 1 fully saturated rings. The predicted molar refractivity (Wildman–Crippen MR) is 125 cm³/mol. The van der Waals surface area contributed by atoms with E-state index in [0.717, 1.165) is 33.3 Å². The summed E-state index contributed by atoms with van der Waals surface area (Å²) in [6.07, 6.45) is 5.91. The second kappa shape index (κ2) is 7.81. The first-order valence-electron chi connectivity index (χ1n) is 11.0. The first kappa shape index (κ1) is 19.6. The topological polar surface area (TPSA) is 85.3 Å². The van der Waals surface area contributed by atoms with Gasteiger partial charge in [0.15, 0.2) is 6.10 Å². The van der Waals surface area contributed by atoms with Crippen LogP contribution in [-0.2, 0) is 11.8 Å². The van der Waals surface area contributed by atoms with Gasteiger partial charge in [-0.05, 0) is 35.9 Å². The largest absolute Gasteiger partial charge is 0.480 e. The molecule has 6 rings (SSSR count). The molecule has 2 aliphatic rings. The van der Waals surface area contributed by atoms with Crippen molar-refractivity contribution in [3.63, 3.8) is 0 Å². The molecular formula is C25H23N5O3. The fourth-order valence-corrected chi connectivity index (χ4v) is 4.47. The lowest BCUT2D eigenvalue weighted by molar-refractivity contribution is -0.133. The minimum Gasteiger partial charge on any atom is -0.480 e. The lowest BCUT2D eigenvalue weighted by atomic mass is 10.0. The van der Waals surface area contributed by atoms with Gasteiger partial charge in [0, 0.05) is 31.0 Å². The van der Waals surface area contributed by atoms with Crippen molar-refractivity contribution in [3.05, 3.63) is 59.9 Å². The highest BCUT2D eigenvalue weighted by molar-refractivity contribution is 5.93. The third-order valence-electron chi connectivity index (χ3n) is 6.24. The van der Waals surface area contributed by atoms with Crippen molar-refractivity contribution in [2.24, 2.45) is 7.05 Å². The summed E-state index contributed by atoms with van der Waals surface area (Å²) >= 11 is 0. The summed E-state index contributed by atoms with van der Waals surface area (Å²) in [6, 6.07) is 13.9. The van der Waals surface area contributed by atoms with Crippen LogP contribution in [0, 0.1) is 0 Å². The van der Waals surface area contributed by atoms with Gasteiger partial charge in [-0.1, -0.05) is 24.3 Å². The van der Waals surface area contributed by atoms with Crippen LogP contribution in [0.2, 0.25) is 0 Å². The number of aromatic nitrogens is 4. The minimum atomic E-state index is -0.491. The van der Waals surface area contributed by atoms with Crippen molar-refractivity contribution in [1.82, 2.24) is 24.9 Å². The molecule has 0 saturated carbocycles. The van der Waals surface area contributed by atoms with Gasteiger partial charge in [-0.25, -0.2) is 4.68 Å². The maximum absolute atomic E-state index is 12.9. The fraction of sp³-hybridized carbons (Fsp3) is 0.240. The summed E-state index contributed by atoms with van der Waals surface area (Å²) < 4.78 is 14.0. The van der Waals surface area contributed by atoms with Crippen LogP contribution in [0.4, 0.5) is 0 Å². The van der Waals surface area contributed by atoms with Crippen molar-refractivity contribution in [1.29, 1.82) is 0 Å². The number of aromatic amines is 1. The number of amides is 1. The predicted octanol–water partition coefficient (Wildman–Crippen LogP) is 3.51. The van der Waals surface area contributed by atoms with Gasteiger partial charge in [0.2, 0.25) is 5.88 Å².